The lowest BCUT2D eigenvalue weighted by Crippen LogP contribution is -2.07. The maximum absolute atomic E-state index is 9.68. The molecule has 0 aromatic carbocycles. The van der Waals surface area contributed by atoms with Crippen molar-refractivity contribution in [1.29, 1.82) is 0 Å². The Morgan fingerprint density at radius 1 is 2.00 bits per heavy atom. The molecule has 0 aromatic heterocycles. The molecule has 0 fully saturated rings. The summed E-state index contributed by atoms with van der Waals surface area (Å²) in [5.74, 6) is 0. The molecule has 0 aliphatic rings. The highest BCUT2D eigenvalue weighted by molar-refractivity contribution is 6.27. The van der Waals surface area contributed by atoms with Crippen LogP contribution in [0.2, 0.25) is 0 Å². The van der Waals surface area contributed by atoms with E-state index in [0.717, 1.165) is 0 Å². The van der Waals surface area contributed by atoms with Crippen LogP contribution in [0.1, 0.15) is 0 Å². The summed E-state index contributed by atoms with van der Waals surface area (Å²) in [6, 6.07) is 0. The van der Waals surface area contributed by atoms with Gasteiger partial charge in [0.05, 0.1) is 6.61 Å². The molecule has 0 radical (unpaired) electrons. The van der Waals surface area contributed by atoms with Crippen LogP contribution in [-0.2, 0) is 9.53 Å². The highest BCUT2D eigenvalue weighted by atomic mass is 35.5. The van der Waals surface area contributed by atoms with Crippen molar-refractivity contribution in [2.24, 2.45) is 0 Å². The van der Waals surface area contributed by atoms with E-state index in [1.165, 1.54) is 7.11 Å². The minimum absolute atomic E-state index is 0.297. The first kappa shape index (κ1) is 6.92. The minimum Gasteiger partial charge on any atom is -0.383 e. The molecule has 1 unspecified atom stereocenters. The Labute approximate surface area is 47.4 Å². The fourth-order valence-corrected chi connectivity index (χ4v) is 0.324. The van der Waals surface area contributed by atoms with Gasteiger partial charge in [0.2, 0.25) is 0 Å². The number of hydrogen-bond acceptors (Lipinski definition) is 2. The highest BCUT2D eigenvalue weighted by Gasteiger charge is 1.96. The highest BCUT2D eigenvalue weighted by Crippen LogP contribution is 1.88. The predicted molar refractivity (Wildman–Crippen MR) is 27.6 cm³/mol. The average Bonchev–Trinajstić information content (AvgIpc) is 1.68. The second kappa shape index (κ2) is 4.09. The van der Waals surface area contributed by atoms with Crippen LogP contribution in [0.4, 0.5) is 0 Å². The molecule has 0 aromatic rings. The lowest BCUT2D eigenvalue weighted by molar-refractivity contribution is -0.108. The van der Waals surface area contributed by atoms with Crippen LogP contribution in [-0.4, -0.2) is 25.4 Å². The number of rotatable bonds is 3. The molecule has 0 aliphatic carbocycles. The number of aldehydes is 1. The normalized spacial score (nSPS) is 13.4. The van der Waals surface area contributed by atoms with Crippen LogP contribution in [0.3, 0.4) is 0 Å². The van der Waals surface area contributed by atoms with Crippen LogP contribution in [0.15, 0.2) is 0 Å². The summed E-state index contributed by atoms with van der Waals surface area (Å²) in [7, 11) is 1.50. The van der Waals surface area contributed by atoms with Crippen LogP contribution in [0.25, 0.3) is 0 Å². The van der Waals surface area contributed by atoms with Gasteiger partial charge in [-0.2, -0.15) is 0 Å². The standard InChI is InChI=1S/C4H7ClO2/c1-7-3-4(5)2-6/h2,4H,3H2,1H3. The Bertz CT molecular complexity index is 55.7. The van der Waals surface area contributed by atoms with Gasteiger partial charge in [0.15, 0.2) is 0 Å². The third-order valence-electron chi connectivity index (χ3n) is 0.474. The van der Waals surface area contributed by atoms with Crippen LogP contribution >= 0.6 is 11.6 Å². The number of carbonyl (C=O) groups excluding carboxylic acids is 1. The van der Waals surface area contributed by atoms with Crippen molar-refractivity contribution >= 4 is 17.9 Å². The molecule has 0 aliphatic heterocycles. The topological polar surface area (TPSA) is 26.3 Å². The number of hydrogen-bond donors (Lipinski definition) is 0. The molecule has 3 heteroatoms. The number of halogens is 1. The van der Waals surface area contributed by atoms with E-state index in [4.69, 9.17) is 11.6 Å². The Balaban J connectivity index is 2.98. The van der Waals surface area contributed by atoms with E-state index in [1.54, 1.807) is 0 Å². The van der Waals surface area contributed by atoms with Gasteiger partial charge in [0, 0.05) is 7.11 Å². The molecule has 0 amide bonds. The summed E-state index contributed by atoms with van der Waals surface area (Å²) >= 11 is 5.27. The SMILES string of the molecule is COCC(Cl)C=O. The number of methoxy groups -OCH3 is 1. The minimum atomic E-state index is -0.481. The Morgan fingerprint density at radius 3 is 2.71 bits per heavy atom. The van der Waals surface area contributed by atoms with Gasteiger partial charge in [-0.15, -0.1) is 11.6 Å². The first-order valence-electron chi connectivity index (χ1n) is 1.89. The summed E-state index contributed by atoms with van der Waals surface area (Å²) in [6.45, 7) is 0.297. The average molecular weight is 123 g/mol. The zero-order chi connectivity index (χ0) is 5.70. The Kier molecular flexibility index (Phi) is 4.04. The smallest absolute Gasteiger partial charge is 0.140 e. The molecule has 0 saturated carbocycles. The van der Waals surface area contributed by atoms with Gasteiger partial charge in [-0.3, -0.25) is 0 Å². The molecular formula is C4H7ClO2. The molecule has 0 heterocycles. The lowest BCUT2D eigenvalue weighted by Gasteiger charge is -1.94. The molecular weight excluding hydrogens is 115 g/mol. The molecule has 42 valence electrons. The number of ether oxygens (including phenoxy) is 1. The summed E-state index contributed by atoms with van der Waals surface area (Å²) in [5, 5.41) is -0.481. The van der Waals surface area contributed by atoms with E-state index in [-0.39, 0.29) is 0 Å². The molecule has 2 nitrogen and oxygen atoms in total. The fourth-order valence-electron chi connectivity index (χ4n) is 0.199. The molecule has 7 heavy (non-hydrogen) atoms. The van der Waals surface area contributed by atoms with Gasteiger partial charge in [-0.1, -0.05) is 0 Å². The van der Waals surface area contributed by atoms with Crippen molar-refractivity contribution in [2.75, 3.05) is 13.7 Å². The largest absolute Gasteiger partial charge is 0.383 e. The zero-order valence-corrected chi connectivity index (χ0v) is 4.81. The first-order chi connectivity index (χ1) is 3.31. The van der Waals surface area contributed by atoms with Crippen molar-refractivity contribution in [2.45, 2.75) is 5.38 Å². The van der Waals surface area contributed by atoms with Crippen LogP contribution < -0.4 is 0 Å². The van der Waals surface area contributed by atoms with Gasteiger partial charge >= 0.3 is 0 Å². The molecule has 0 spiro atoms. The van der Waals surface area contributed by atoms with Gasteiger partial charge in [-0.05, 0) is 0 Å². The van der Waals surface area contributed by atoms with E-state index in [9.17, 15) is 4.79 Å². The van der Waals surface area contributed by atoms with Crippen molar-refractivity contribution in [3.8, 4) is 0 Å². The summed E-state index contributed by atoms with van der Waals surface area (Å²) in [6.07, 6.45) is 0.644. The zero-order valence-electron chi connectivity index (χ0n) is 4.06. The molecule has 0 saturated heterocycles. The molecule has 0 N–H and O–H groups in total. The van der Waals surface area contributed by atoms with Gasteiger partial charge in [0.25, 0.3) is 0 Å². The van der Waals surface area contributed by atoms with E-state index in [1.807, 2.05) is 0 Å². The summed E-state index contributed by atoms with van der Waals surface area (Å²) in [5.41, 5.74) is 0. The first-order valence-corrected chi connectivity index (χ1v) is 2.33. The predicted octanol–water partition coefficient (Wildman–Crippen LogP) is 0.439. The van der Waals surface area contributed by atoms with E-state index in [2.05, 4.69) is 4.74 Å². The number of carbonyl (C=O) groups is 1. The van der Waals surface area contributed by atoms with E-state index >= 15 is 0 Å². The van der Waals surface area contributed by atoms with E-state index < -0.39 is 5.38 Å². The maximum atomic E-state index is 9.68. The van der Waals surface area contributed by atoms with Gasteiger partial charge in [0.1, 0.15) is 11.7 Å². The Morgan fingerprint density at radius 2 is 2.57 bits per heavy atom. The van der Waals surface area contributed by atoms with Gasteiger partial charge in [-0.25, -0.2) is 0 Å². The molecule has 0 bridgehead atoms. The third kappa shape index (κ3) is 3.76. The van der Waals surface area contributed by atoms with Gasteiger partial charge < -0.3 is 9.53 Å². The summed E-state index contributed by atoms with van der Waals surface area (Å²) < 4.78 is 4.53. The maximum Gasteiger partial charge on any atom is 0.140 e. The molecule has 0 rings (SSSR count). The third-order valence-corrected chi connectivity index (χ3v) is 0.702. The monoisotopic (exact) mass is 122 g/mol. The van der Waals surface area contributed by atoms with Crippen LogP contribution in [0.5, 0.6) is 0 Å². The van der Waals surface area contributed by atoms with Crippen LogP contribution in [0, 0.1) is 0 Å². The second-order valence-corrected chi connectivity index (χ2v) is 1.67. The molecule has 1 atom stereocenters. The Hall–Kier alpha value is -0.0800. The van der Waals surface area contributed by atoms with Crippen molar-refractivity contribution < 1.29 is 9.53 Å². The number of alkyl halides is 1. The van der Waals surface area contributed by atoms with Crippen molar-refractivity contribution in [1.82, 2.24) is 0 Å². The second-order valence-electron chi connectivity index (χ2n) is 1.11. The van der Waals surface area contributed by atoms with Crippen molar-refractivity contribution in [3.05, 3.63) is 0 Å². The van der Waals surface area contributed by atoms with Crippen molar-refractivity contribution in [3.63, 3.8) is 0 Å². The van der Waals surface area contributed by atoms with E-state index in [0.29, 0.717) is 12.9 Å². The quantitative estimate of drug-likeness (QED) is 0.401. The lowest BCUT2D eigenvalue weighted by atomic mass is 10.5. The summed E-state index contributed by atoms with van der Waals surface area (Å²) in [4.78, 5) is 9.68. The fraction of sp³-hybridized carbons (Fsp3) is 0.750.